The van der Waals surface area contributed by atoms with Crippen LogP contribution in [0.15, 0.2) is 84.9 Å². The van der Waals surface area contributed by atoms with Gasteiger partial charge in [-0.3, -0.25) is 4.79 Å². The molecule has 4 rings (SSSR count). The van der Waals surface area contributed by atoms with Crippen molar-refractivity contribution < 1.29 is 4.79 Å². The standard InChI is InChI=1S/C13H12Cl2N2.C13H12N2O/c14-10-6-8(1-3-12(10)16)5-9-2-4-13(17)11(15)7-9;14-11-5-1-3-9(7-11)13(16)10-4-2-6-12(15)8-10/h1-4,6-7H,5,16-17H2;1-8H,14-15H2. The Morgan fingerprint density at radius 3 is 1.39 bits per heavy atom. The van der Waals surface area contributed by atoms with Crippen LogP contribution in [0.25, 0.3) is 0 Å². The van der Waals surface area contributed by atoms with Crippen molar-refractivity contribution in [3.8, 4) is 0 Å². The van der Waals surface area contributed by atoms with Crippen LogP contribution in [-0.4, -0.2) is 5.78 Å². The van der Waals surface area contributed by atoms with Gasteiger partial charge in [0.1, 0.15) is 0 Å². The summed E-state index contributed by atoms with van der Waals surface area (Å²) in [5.74, 6) is -0.0698. The molecule has 0 atom stereocenters. The Balaban J connectivity index is 0.000000186. The molecule has 0 aliphatic carbocycles. The van der Waals surface area contributed by atoms with Crippen LogP contribution in [0.5, 0.6) is 0 Å². The van der Waals surface area contributed by atoms with E-state index in [4.69, 9.17) is 46.1 Å². The highest BCUT2D eigenvalue weighted by atomic mass is 35.5. The van der Waals surface area contributed by atoms with Crippen molar-refractivity contribution in [2.24, 2.45) is 0 Å². The molecule has 0 aromatic heterocycles. The number of carbonyl (C=O) groups excluding carboxylic acids is 1. The molecule has 0 saturated heterocycles. The van der Waals surface area contributed by atoms with Gasteiger partial charge in [0.15, 0.2) is 5.78 Å². The summed E-state index contributed by atoms with van der Waals surface area (Å²) in [6, 6.07) is 25.0. The SMILES string of the molecule is Nc1ccc(Cc2ccc(N)c(Cl)c2)cc1Cl.Nc1cccc(C(=O)c2cccc(N)c2)c1. The maximum atomic E-state index is 12.0. The molecule has 0 radical (unpaired) electrons. The van der Waals surface area contributed by atoms with Gasteiger partial charge in [0.2, 0.25) is 0 Å². The zero-order chi connectivity index (χ0) is 24.0. The molecular formula is C26H24Cl2N4O. The number of halogens is 2. The van der Waals surface area contributed by atoms with Crippen LogP contribution in [0.4, 0.5) is 22.7 Å². The number of hydrogen-bond donors (Lipinski definition) is 4. The van der Waals surface area contributed by atoms with E-state index >= 15 is 0 Å². The minimum atomic E-state index is -0.0698. The van der Waals surface area contributed by atoms with Gasteiger partial charge in [-0.05, 0) is 66.1 Å². The molecule has 0 spiro atoms. The summed E-state index contributed by atoms with van der Waals surface area (Å²) in [6.07, 6.45) is 0.750. The molecule has 168 valence electrons. The van der Waals surface area contributed by atoms with Crippen molar-refractivity contribution in [1.82, 2.24) is 0 Å². The zero-order valence-electron chi connectivity index (χ0n) is 17.8. The van der Waals surface area contributed by atoms with Crippen LogP contribution < -0.4 is 22.9 Å². The van der Waals surface area contributed by atoms with Crippen molar-refractivity contribution in [1.29, 1.82) is 0 Å². The molecule has 0 saturated carbocycles. The highest BCUT2D eigenvalue weighted by Crippen LogP contribution is 2.24. The van der Waals surface area contributed by atoms with Crippen molar-refractivity contribution in [2.45, 2.75) is 6.42 Å². The van der Waals surface area contributed by atoms with Crippen LogP contribution in [0.3, 0.4) is 0 Å². The number of nitrogen functional groups attached to an aromatic ring is 4. The molecule has 0 aliphatic heterocycles. The topological polar surface area (TPSA) is 121 Å². The second-order valence-electron chi connectivity index (χ2n) is 7.47. The van der Waals surface area contributed by atoms with Gasteiger partial charge in [-0.15, -0.1) is 0 Å². The molecule has 7 heteroatoms. The van der Waals surface area contributed by atoms with Gasteiger partial charge in [0.25, 0.3) is 0 Å². The second kappa shape index (κ2) is 10.8. The molecule has 0 aliphatic rings. The summed E-state index contributed by atoms with van der Waals surface area (Å²) < 4.78 is 0. The number of hydrogen-bond acceptors (Lipinski definition) is 5. The minimum absolute atomic E-state index is 0.0698. The second-order valence-corrected chi connectivity index (χ2v) is 8.28. The molecule has 4 aromatic carbocycles. The molecule has 0 bridgehead atoms. The van der Waals surface area contributed by atoms with Crippen LogP contribution in [0, 0.1) is 0 Å². The summed E-state index contributed by atoms with van der Waals surface area (Å²) in [7, 11) is 0. The lowest BCUT2D eigenvalue weighted by Crippen LogP contribution is -2.02. The molecule has 0 fully saturated rings. The Morgan fingerprint density at radius 1 is 0.606 bits per heavy atom. The van der Waals surface area contributed by atoms with Crippen LogP contribution >= 0.6 is 23.2 Å². The normalized spacial score (nSPS) is 10.2. The highest BCUT2D eigenvalue weighted by Gasteiger charge is 2.09. The molecule has 0 unspecified atom stereocenters. The first-order valence-electron chi connectivity index (χ1n) is 10.1. The molecule has 0 amide bonds. The van der Waals surface area contributed by atoms with E-state index in [1.165, 1.54) is 0 Å². The molecule has 4 aromatic rings. The van der Waals surface area contributed by atoms with Crippen LogP contribution in [0.1, 0.15) is 27.0 Å². The fraction of sp³-hybridized carbons (Fsp3) is 0.0385. The van der Waals surface area contributed by atoms with Gasteiger partial charge < -0.3 is 22.9 Å². The Hall–Kier alpha value is -3.67. The summed E-state index contributed by atoms with van der Waals surface area (Å²) in [5.41, 5.74) is 28.2. The van der Waals surface area contributed by atoms with E-state index in [-0.39, 0.29) is 5.78 Å². The van der Waals surface area contributed by atoms with Crippen LogP contribution in [-0.2, 0) is 6.42 Å². The van der Waals surface area contributed by atoms with Gasteiger partial charge in [-0.1, -0.05) is 59.6 Å². The van der Waals surface area contributed by atoms with E-state index in [9.17, 15) is 4.79 Å². The predicted molar refractivity (Wildman–Crippen MR) is 140 cm³/mol. The van der Waals surface area contributed by atoms with Gasteiger partial charge in [-0.2, -0.15) is 0 Å². The maximum Gasteiger partial charge on any atom is 0.193 e. The maximum absolute atomic E-state index is 12.0. The largest absolute Gasteiger partial charge is 0.399 e. The third-order valence-corrected chi connectivity index (χ3v) is 5.49. The van der Waals surface area contributed by atoms with E-state index in [0.29, 0.717) is 43.9 Å². The van der Waals surface area contributed by atoms with E-state index in [1.807, 2.05) is 24.3 Å². The van der Waals surface area contributed by atoms with E-state index < -0.39 is 0 Å². The summed E-state index contributed by atoms with van der Waals surface area (Å²) in [6.45, 7) is 0. The lowest BCUT2D eigenvalue weighted by molar-refractivity contribution is 0.103. The average molecular weight is 479 g/mol. The Kier molecular flexibility index (Phi) is 7.83. The van der Waals surface area contributed by atoms with Crippen molar-refractivity contribution >= 4 is 51.7 Å². The van der Waals surface area contributed by atoms with E-state index in [0.717, 1.165) is 17.5 Å². The summed E-state index contributed by atoms with van der Waals surface area (Å²) in [5, 5.41) is 1.15. The Bertz CT molecular complexity index is 1190. The third-order valence-electron chi connectivity index (χ3n) is 4.84. The van der Waals surface area contributed by atoms with Gasteiger partial charge in [-0.25, -0.2) is 0 Å². The number of nitrogens with two attached hydrogens (primary N) is 4. The molecular weight excluding hydrogens is 455 g/mol. The van der Waals surface area contributed by atoms with Crippen LogP contribution in [0.2, 0.25) is 10.0 Å². The molecule has 5 nitrogen and oxygen atoms in total. The minimum Gasteiger partial charge on any atom is -0.399 e. The van der Waals surface area contributed by atoms with Crippen molar-refractivity contribution in [3.05, 3.63) is 117 Å². The third kappa shape index (κ3) is 6.65. The monoisotopic (exact) mass is 478 g/mol. The average Bonchev–Trinajstić information content (AvgIpc) is 2.79. The number of rotatable bonds is 4. The predicted octanol–water partition coefficient (Wildman–Crippen LogP) is 5.83. The number of anilines is 4. The smallest absolute Gasteiger partial charge is 0.193 e. The first-order chi connectivity index (χ1) is 15.7. The lowest BCUT2D eigenvalue weighted by atomic mass is 10.0. The lowest BCUT2D eigenvalue weighted by Gasteiger charge is -2.06. The van der Waals surface area contributed by atoms with E-state index in [2.05, 4.69) is 0 Å². The number of carbonyl (C=O) groups is 1. The Morgan fingerprint density at radius 2 is 1.03 bits per heavy atom. The number of benzene rings is 4. The zero-order valence-corrected chi connectivity index (χ0v) is 19.3. The van der Waals surface area contributed by atoms with E-state index in [1.54, 1.807) is 60.7 Å². The van der Waals surface area contributed by atoms with Gasteiger partial charge >= 0.3 is 0 Å². The van der Waals surface area contributed by atoms with Crippen molar-refractivity contribution in [3.63, 3.8) is 0 Å². The highest BCUT2D eigenvalue weighted by molar-refractivity contribution is 6.33. The quantitative estimate of drug-likeness (QED) is 0.217. The molecule has 8 N–H and O–H groups in total. The van der Waals surface area contributed by atoms with Crippen molar-refractivity contribution in [2.75, 3.05) is 22.9 Å². The molecule has 33 heavy (non-hydrogen) atoms. The van der Waals surface area contributed by atoms with Gasteiger partial charge in [0, 0.05) is 22.5 Å². The molecule has 0 heterocycles. The first-order valence-corrected chi connectivity index (χ1v) is 10.8. The van der Waals surface area contributed by atoms with Gasteiger partial charge in [0.05, 0.1) is 21.4 Å². The number of ketones is 1. The fourth-order valence-electron chi connectivity index (χ4n) is 3.12. The summed E-state index contributed by atoms with van der Waals surface area (Å²) in [4.78, 5) is 12.0. The first kappa shape index (κ1) is 24.0. The fourth-order valence-corrected chi connectivity index (χ4v) is 3.53. The Labute approximate surface area is 202 Å². The summed E-state index contributed by atoms with van der Waals surface area (Å²) >= 11 is 11.9.